The standard InChI is InChI=1S/C20H16ClN7O/c21-16-5-2-12(8-24-16)17-27-18(28-29-17)20(6-1-7-20)14-3-4-15(23-11-14)13-9-25-19(22)26-10-13/h2-5,8-11H,1,6-7H2,(H2,22,25,26). The molecule has 8 nitrogen and oxygen atoms in total. The van der Waals surface area contributed by atoms with Crippen molar-refractivity contribution in [1.82, 2.24) is 30.1 Å². The van der Waals surface area contributed by atoms with E-state index in [1.54, 1.807) is 24.7 Å². The topological polar surface area (TPSA) is 116 Å². The highest BCUT2D eigenvalue weighted by Crippen LogP contribution is 2.48. The Balaban J connectivity index is 1.46. The quantitative estimate of drug-likeness (QED) is 0.511. The van der Waals surface area contributed by atoms with Gasteiger partial charge in [-0.05, 0) is 36.6 Å². The molecule has 1 saturated carbocycles. The molecule has 0 saturated heterocycles. The maximum absolute atomic E-state index is 5.85. The van der Waals surface area contributed by atoms with Crippen molar-refractivity contribution in [3.8, 4) is 22.7 Å². The Labute approximate surface area is 171 Å². The Morgan fingerprint density at radius 2 is 1.69 bits per heavy atom. The van der Waals surface area contributed by atoms with E-state index in [9.17, 15) is 0 Å². The number of nitrogens with zero attached hydrogens (tertiary/aromatic N) is 6. The van der Waals surface area contributed by atoms with Gasteiger partial charge in [0.15, 0.2) is 5.82 Å². The maximum atomic E-state index is 5.85. The van der Waals surface area contributed by atoms with E-state index in [-0.39, 0.29) is 11.4 Å². The number of anilines is 1. The van der Waals surface area contributed by atoms with Crippen LogP contribution in [0.4, 0.5) is 5.95 Å². The summed E-state index contributed by atoms with van der Waals surface area (Å²) in [5.41, 5.74) is 8.65. The molecule has 4 aromatic heterocycles. The largest absolute Gasteiger partial charge is 0.368 e. The highest BCUT2D eigenvalue weighted by Gasteiger charge is 2.44. The Kier molecular flexibility index (Phi) is 4.21. The fourth-order valence-corrected chi connectivity index (χ4v) is 3.64. The van der Waals surface area contributed by atoms with Crippen LogP contribution in [-0.2, 0) is 5.41 Å². The molecule has 9 heteroatoms. The molecular formula is C20H16ClN7O. The van der Waals surface area contributed by atoms with Gasteiger partial charge in [0.2, 0.25) is 5.95 Å². The lowest BCUT2D eigenvalue weighted by atomic mass is 9.64. The monoisotopic (exact) mass is 405 g/mol. The number of halogens is 1. The van der Waals surface area contributed by atoms with Gasteiger partial charge in [0.05, 0.1) is 16.7 Å². The third kappa shape index (κ3) is 3.11. The number of hydrogen-bond donors (Lipinski definition) is 1. The fourth-order valence-electron chi connectivity index (χ4n) is 3.53. The number of hydrogen-bond acceptors (Lipinski definition) is 8. The summed E-state index contributed by atoms with van der Waals surface area (Å²) < 4.78 is 5.51. The zero-order valence-electron chi connectivity index (χ0n) is 15.3. The third-order valence-corrected chi connectivity index (χ3v) is 5.54. The van der Waals surface area contributed by atoms with Crippen LogP contribution in [-0.4, -0.2) is 30.1 Å². The first kappa shape index (κ1) is 17.7. The summed E-state index contributed by atoms with van der Waals surface area (Å²) in [7, 11) is 0. The van der Waals surface area contributed by atoms with Gasteiger partial charge in [-0.2, -0.15) is 4.98 Å². The predicted octanol–water partition coefficient (Wildman–Crippen LogP) is 3.69. The van der Waals surface area contributed by atoms with Gasteiger partial charge in [-0.1, -0.05) is 29.2 Å². The molecule has 144 valence electrons. The molecule has 0 atom stereocenters. The van der Waals surface area contributed by atoms with Gasteiger partial charge in [0.25, 0.3) is 5.89 Å². The first-order valence-electron chi connectivity index (χ1n) is 9.15. The molecule has 4 heterocycles. The van der Waals surface area contributed by atoms with E-state index in [0.717, 1.165) is 41.6 Å². The minimum atomic E-state index is -0.287. The van der Waals surface area contributed by atoms with E-state index in [2.05, 4.69) is 36.1 Å². The molecule has 2 N–H and O–H groups in total. The minimum absolute atomic E-state index is 0.239. The van der Waals surface area contributed by atoms with Crippen LogP contribution in [0, 0.1) is 0 Å². The summed E-state index contributed by atoms with van der Waals surface area (Å²) >= 11 is 5.85. The number of aromatic nitrogens is 6. The molecular weight excluding hydrogens is 390 g/mol. The molecule has 29 heavy (non-hydrogen) atoms. The lowest BCUT2D eigenvalue weighted by molar-refractivity contribution is 0.272. The van der Waals surface area contributed by atoms with E-state index in [0.29, 0.717) is 16.9 Å². The van der Waals surface area contributed by atoms with E-state index < -0.39 is 0 Å². The van der Waals surface area contributed by atoms with E-state index in [1.807, 2.05) is 18.3 Å². The molecule has 0 bridgehead atoms. The van der Waals surface area contributed by atoms with Crippen LogP contribution in [0.15, 0.2) is 53.6 Å². The van der Waals surface area contributed by atoms with Crippen molar-refractivity contribution in [2.45, 2.75) is 24.7 Å². The number of rotatable bonds is 4. The van der Waals surface area contributed by atoms with E-state index >= 15 is 0 Å². The second kappa shape index (κ2) is 6.89. The first-order valence-corrected chi connectivity index (χ1v) is 9.52. The van der Waals surface area contributed by atoms with Crippen LogP contribution in [0.5, 0.6) is 0 Å². The highest BCUT2D eigenvalue weighted by molar-refractivity contribution is 6.29. The average molecular weight is 406 g/mol. The summed E-state index contributed by atoms with van der Waals surface area (Å²) in [6, 6.07) is 7.51. The summed E-state index contributed by atoms with van der Waals surface area (Å²) in [4.78, 5) is 21.4. The molecule has 0 radical (unpaired) electrons. The minimum Gasteiger partial charge on any atom is -0.368 e. The van der Waals surface area contributed by atoms with Crippen molar-refractivity contribution in [2.75, 3.05) is 5.73 Å². The van der Waals surface area contributed by atoms with Crippen LogP contribution < -0.4 is 5.73 Å². The first-order chi connectivity index (χ1) is 14.1. The van der Waals surface area contributed by atoms with Gasteiger partial charge < -0.3 is 10.3 Å². The fraction of sp³-hybridized carbons (Fsp3) is 0.200. The maximum Gasteiger partial charge on any atom is 0.259 e. The smallest absolute Gasteiger partial charge is 0.259 e. The third-order valence-electron chi connectivity index (χ3n) is 5.32. The van der Waals surface area contributed by atoms with E-state index in [1.165, 1.54) is 0 Å². The van der Waals surface area contributed by atoms with Crippen molar-refractivity contribution in [3.63, 3.8) is 0 Å². The Morgan fingerprint density at radius 1 is 0.897 bits per heavy atom. The van der Waals surface area contributed by atoms with Gasteiger partial charge in [0, 0.05) is 30.4 Å². The number of pyridine rings is 2. The Bertz CT molecular complexity index is 1140. The van der Waals surface area contributed by atoms with Crippen LogP contribution in [0.2, 0.25) is 5.15 Å². The van der Waals surface area contributed by atoms with Crippen molar-refractivity contribution in [1.29, 1.82) is 0 Å². The summed E-state index contributed by atoms with van der Waals surface area (Å²) in [6.07, 6.45) is 9.79. The zero-order valence-corrected chi connectivity index (χ0v) is 16.0. The van der Waals surface area contributed by atoms with Gasteiger partial charge in [-0.15, -0.1) is 0 Å². The average Bonchev–Trinajstić information content (AvgIpc) is 3.19. The molecule has 1 aliphatic rings. The van der Waals surface area contributed by atoms with E-state index in [4.69, 9.17) is 21.9 Å². The van der Waals surface area contributed by atoms with Crippen molar-refractivity contribution < 1.29 is 4.52 Å². The van der Waals surface area contributed by atoms with Crippen molar-refractivity contribution in [3.05, 3.63) is 65.6 Å². The normalized spacial score (nSPS) is 15.1. The van der Waals surface area contributed by atoms with Crippen molar-refractivity contribution >= 4 is 17.5 Å². The molecule has 1 fully saturated rings. The van der Waals surface area contributed by atoms with Crippen molar-refractivity contribution in [2.24, 2.45) is 0 Å². The summed E-state index contributed by atoms with van der Waals surface area (Å²) in [5, 5.41) is 4.69. The van der Waals surface area contributed by atoms with Gasteiger partial charge >= 0.3 is 0 Å². The van der Waals surface area contributed by atoms with Gasteiger partial charge in [0.1, 0.15) is 5.15 Å². The zero-order chi connectivity index (χ0) is 19.8. The van der Waals surface area contributed by atoms with Crippen LogP contribution >= 0.6 is 11.6 Å². The Hall–Kier alpha value is -3.39. The molecule has 4 aromatic rings. The SMILES string of the molecule is Nc1ncc(-c2ccc(C3(c4noc(-c5ccc(Cl)nc5)n4)CCC3)cn2)cn1. The second-order valence-electron chi connectivity index (χ2n) is 6.99. The molecule has 0 aromatic carbocycles. The van der Waals surface area contributed by atoms with Crippen LogP contribution in [0.25, 0.3) is 22.7 Å². The number of nitrogens with two attached hydrogens (primary N) is 1. The molecule has 5 rings (SSSR count). The molecule has 0 spiro atoms. The molecule has 0 amide bonds. The lowest BCUT2D eigenvalue weighted by Gasteiger charge is -2.39. The molecule has 0 aliphatic heterocycles. The van der Waals surface area contributed by atoms with Gasteiger partial charge in [-0.3, -0.25) is 4.98 Å². The lowest BCUT2D eigenvalue weighted by Crippen LogP contribution is -2.36. The summed E-state index contributed by atoms with van der Waals surface area (Å²) in [5.74, 6) is 1.33. The predicted molar refractivity (Wildman–Crippen MR) is 107 cm³/mol. The van der Waals surface area contributed by atoms with Crippen LogP contribution in [0.1, 0.15) is 30.7 Å². The molecule has 0 unspecified atom stereocenters. The van der Waals surface area contributed by atoms with Gasteiger partial charge in [-0.25, -0.2) is 15.0 Å². The second-order valence-corrected chi connectivity index (χ2v) is 7.38. The highest BCUT2D eigenvalue weighted by atomic mass is 35.5. The Morgan fingerprint density at radius 3 is 2.31 bits per heavy atom. The number of nitrogen functional groups attached to an aromatic ring is 1. The summed E-state index contributed by atoms with van der Waals surface area (Å²) in [6.45, 7) is 0. The molecule has 1 aliphatic carbocycles. The van der Waals surface area contributed by atoms with Crippen LogP contribution in [0.3, 0.4) is 0 Å².